The molecule has 0 amide bonds. The highest BCUT2D eigenvalue weighted by Crippen LogP contribution is 2.39. The average molecular weight is 326 g/mol. The minimum atomic E-state index is 0.167. The van der Waals surface area contributed by atoms with Crippen LogP contribution in [0.15, 0.2) is 29.5 Å². The summed E-state index contributed by atoms with van der Waals surface area (Å²) in [5.41, 5.74) is 6.33. The Labute approximate surface area is 144 Å². The molecule has 1 aromatic carbocycles. The molecular weight excluding hydrogens is 300 g/mol. The molecule has 1 heterocycles. The first-order chi connectivity index (χ1) is 11.5. The van der Waals surface area contributed by atoms with Crippen LogP contribution >= 0.6 is 0 Å². The van der Waals surface area contributed by atoms with Crippen LogP contribution in [-0.4, -0.2) is 26.1 Å². The minimum absolute atomic E-state index is 0.167. The zero-order valence-electron chi connectivity index (χ0n) is 15.1. The molecule has 0 atom stereocenters. The van der Waals surface area contributed by atoms with Gasteiger partial charge in [-0.1, -0.05) is 23.8 Å². The summed E-state index contributed by atoms with van der Waals surface area (Å²) in [6.45, 7) is 7.84. The van der Waals surface area contributed by atoms with E-state index in [1.165, 1.54) is 5.56 Å². The van der Waals surface area contributed by atoms with Crippen LogP contribution in [0.3, 0.4) is 0 Å². The van der Waals surface area contributed by atoms with Gasteiger partial charge in [-0.15, -0.1) is 0 Å². The standard InChI is InChI=1S/C21H26O3/c1-13-9-14(2)19(15(3)10-13)20-18(22)12-17(21(20)23-4)11-16-5-7-24-8-6-16/h9-11,16H,5-8,12H2,1-4H3. The molecule has 1 aromatic rings. The molecule has 0 N–H and O–H groups in total. The van der Waals surface area contributed by atoms with E-state index in [1.54, 1.807) is 7.11 Å². The van der Waals surface area contributed by atoms with Gasteiger partial charge in [0.1, 0.15) is 5.76 Å². The van der Waals surface area contributed by atoms with Gasteiger partial charge in [0.15, 0.2) is 5.78 Å². The van der Waals surface area contributed by atoms with Crippen LogP contribution in [0.2, 0.25) is 0 Å². The third-order valence-electron chi connectivity index (χ3n) is 4.98. The molecule has 1 aliphatic carbocycles. The SMILES string of the molecule is COC1=C(c2c(C)cc(C)cc2C)C(=O)CC1=CC1CCOCC1. The van der Waals surface area contributed by atoms with Crippen molar-refractivity contribution in [3.05, 3.63) is 51.8 Å². The van der Waals surface area contributed by atoms with Gasteiger partial charge in [-0.25, -0.2) is 0 Å². The van der Waals surface area contributed by atoms with Crippen molar-refractivity contribution in [1.29, 1.82) is 0 Å². The summed E-state index contributed by atoms with van der Waals surface area (Å²) in [6, 6.07) is 4.27. The van der Waals surface area contributed by atoms with Crippen LogP contribution in [0.5, 0.6) is 0 Å². The van der Waals surface area contributed by atoms with Gasteiger partial charge < -0.3 is 9.47 Å². The highest BCUT2D eigenvalue weighted by atomic mass is 16.5. The lowest BCUT2D eigenvalue weighted by molar-refractivity contribution is -0.112. The van der Waals surface area contributed by atoms with E-state index >= 15 is 0 Å². The van der Waals surface area contributed by atoms with Gasteiger partial charge >= 0.3 is 0 Å². The Bertz CT molecular complexity index is 696. The normalized spacial score (nSPS) is 21.0. The summed E-state index contributed by atoms with van der Waals surface area (Å²) in [5, 5.41) is 0. The molecule has 3 heteroatoms. The summed E-state index contributed by atoms with van der Waals surface area (Å²) in [6.07, 6.45) is 4.73. The number of methoxy groups -OCH3 is 1. The first-order valence-corrected chi connectivity index (χ1v) is 8.69. The Morgan fingerprint density at radius 3 is 2.33 bits per heavy atom. The average Bonchev–Trinajstić information content (AvgIpc) is 2.83. The Hall–Kier alpha value is -1.87. The van der Waals surface area contributed by atoms with E-state index in [0.717, 1.165) is 59.7 Å². The van der Waals surface area contributed by atoms with Crippen molar-refractivity contribution in [3.63, 3.8) is 0 Å². The van der Waals surface area contributed by atoms with Crippen molar-refractivity contribution in [2.75, 3.05) is 20.3 Å². The molecule has 2 aliphatic rings. The van der Waals surface area contributed by atoms with E-state index < -0.39 is 0 Å². The topological polar surface area (TPSA) is 35.5 Å². The number of hydrogen-bond donors (Lipinski definition) is 0. The van der Waals surface area contributed by atoms with E-state index in [1.807, 2.05) is 0 Å². The second kappa shape index (κ2) is 6.94. The predicted molar refractivity (Wildman–Crippen MR) is 95.8 cm³/mol. The Balaban J connectivity index is 2.06. The summed E-state index contributed by atoms with van der Waals surface area (Å²) in [4.78, 5) is 12.8. The van der Waals surface area contributed by atoms with Crippen LogP contribution < -0.4 is 0 Å². The molecule has 1 saturated heterocycles. The quantitative estimate of drug-likeness (QED) is 0.831. The number of ether oxygens (including phenoxy) is 2. The fourth-order valence-corrected chi connectivity index (χ4v) is 3.99. The van der Waals surface area contributed by atoms with Gasteiger partial charge in [-0.2, -0.15) is 0 Å². The van der Waals surface area contributed by atoms with Gasteiger partial charge in [0.2, 0.25) is 0 Å². The van der Waals surface area contributed by atoms with Crippen molar-refractivity contribution in [3.8, 4) is 0 Å². The van der Waals surface area contributed by atoms with E-state index in [0.29, 0.717) is 12.3 Å². The van der Waals surface area contributed by atoms with Crippen molar-refractivity contribution in [2.45, 2.75) is 40.0 Å². The molecule has 1 aliphatic heterocycles. The molecular formula is C21H26O3. The number of carbonyl (C=O) groups excluding carboxylic acids is 1. The van der Waals surface area contributed by atoms with E-state index in [2.05, 4.69) is 39.0 Å². The molecule has 128 valence electrons. The molecule has 0 saturated carbocycles. The molecule has 1 fully saturated rings. The van der Waals surface area contributed by atoms with E-state index in [4.69, 9.17) is 9.47 Å². The van der Waals surface area contributed by atoms with Gasteiger partial charge in [0.25, 0.3) is 0 Å². The third-order valence-corrected chi connectivity index (χ3v) is 4.98. The summed E-state index contributed by atoms with van der Waals surface area (Å²) in [5.74, 6) is 1.41. The van der Waals surface area contributed by atoms with Crippen LogP contribution in [0.4, 0.5) is 0 Å². The fraction of sp³-hybridized carbons (Fsp3) is 0.476. The van der Waals surface area contributed by atoms with Gasteiger partial charge in [0, 0.05) is 19.6 Å². The van der Waals surface area contributed by atoms with Gasteiger partial charge in [-0.3, -0.25) is 4.79 Å². The second-order valence-electron chi connectivity index (χ2n) is 6.92. The van der Waals surface area contributed by atoms with Gasteiger partial charge in [-0.05, 0) is 61.8 Å². The summed E-state index contributed by atoms with van der Waals surface area (Å²) in [7, 11) is 1.67. The molecule has 24 heavy (non-hydrogen) atoms. The second-order valence-corrected chi connectivity index (χ2v) is 6.92. The maximum absolute atomic E-state index is 12.8. The number of hydrogen-bond acceptors (Lipinski definition) is 3. The lowest BCUT2D eigenvalue weighted by atomic mass is 9.92. The monoisotopic (exact) mass is 326 g/mol. The molecule has 3 nitrogen and oxygen atoms in total. The van der Waals surface area contributed by atoms with Crippen LogP contribution in [0.1, 0.15) is 41.5 Å². The molecule has 0 unspecified atom stereocenters. The largest absolute Gasteiger partial charge is 0.496 e. The fourth-order valence-electron chi connectivity index (χ4n) is 3.99. The number of rotatable bonds is 3. The van der Waals surface area contributed by atoms with Crippen molar-refractivity contribution in [2.24, 2.45) is 5.92 Å². The number of Topliss-reactive ketones (excluding diaryl/α,β-unsaturated/α-hetero) is 1. The Kier molecular flexibility index (Phi) is 4.91. The minimum Gasteiger partial charge on any atom is -0.496 e. The number of aryl methyl sites for hydroxylation is 3. The highest BCUT2D eigenvalue weighted by molar-refractivity contribution is 6.26. The van der Waals surface area contributed by atoms with Crippen molar-refractivity contribution in [1.82, 2.24) is 0 Å². The lowest BCUT2D eigenvalue weighted by Gasteiger charge is -2.20. The van der Waals surface area contributed by atoms with Gasteiger partial charge in [0.05, 0.1) is 12.7 Å². The lowest BCUT2D eigenvalue weighted by Crippen LogP contribution is -2.14. The zero-order chi connectivity index (χ0) is 17.3. The van der Waals surface area contributed by atoms with Crippen molar-refractivity contribution < 1.29 is 14.3 Å². The highest BCUT2D eigenvalue weighted by Gasteiger charge is 2.32. The summed E-state index contributed by atoms with van der Waals surface area (Å²) >= 11 is 0. The smallest absolute Gasteiger partial charge is 0.171 e. The molecule has 0 bridgehead atoms. The van der Waals surface area contributed by atoms with Crippen LogP contribution in [0, 0.1) is 26.7 Å². The number of allylic oxidation sites excluding steroid dienone is 3. The summed E-state index contributed by atoms with van der Waals surface area (Å²) < 4.78 is 11.1. The molecule has 0 spiro atoms. The first kappa shape index (κ1) is 17.0. The molecule has 3 rings (SSSR count). The Morgan fingerprint density at radius 1 is 1.12 bits per heavy atom. The van der Waals surface area contributed by atoms with Crippen molar-refractivity contribution >= 4 is 11.4 Å². The van der Waals surface area contributed by atoms with E-state index in [-0.39, 0.29) is 5.78 Å². The molecule has 0 aromatic heterocycles. The van der Waals surface area contributed by atoms with E-state index in [9.17, 15) is 4.79 Å². The molecule has 0 radical (unpaired) electrons. The van der Waals surface area contributed by atoms with Crippen LogP contribution in [-0.2, 0) is 14.3 Å². The number of ketones is 1. The maximum atomic E-state index is 12.8. The van der Waals surface area contributed by atoms with Crippen LogP contribution in [0.25, 0.3) is 5.57 Å². The first-order valence-electron chi connectivity index (χ1n) is 8.69. The maximum Gasteiger partial charge on any atom is 0.171 e. The number of carbonyl (C=O) groups is 1. The third kappa shape index (κ3) is 3.18. The zero-order valence-corrected chi connectivity index (χ0v) is 15.1. The Morgan fingerprint density at radius 2 is 1.75 bits per heavy atom. The number of benzene rings is 1. The predicted octanol–water partition coefficient (Wildman–Crippen LogP) is 4.30.